The number of anilines is 1. The number of halogens is 1. The summed E-state index contributed by atoms with van der Waals surface area (Å²) in [4.78, 5) is 11.9. The van der Waals surface area contributed by atoms with Gasteiger partial charge in [0.05, 0.1) is 12.6 Å². The molecule has 0 bridgehead atoms. The number of carbonyl (C=O) groups excluding carboxylic acids is 1. The Morgan fingerprint density at radius 1 is 1.13 bits per heavy atom. The van der Waals surface area contributed by atoms with Crippen molar-refractivity contribution in [2.24, 2.45) is 0 Å². The van der Waals surface area contributed by atoms with Gasteiger partial charge in [-0.25, -0.2) is 4.39 Å². The molecule has 0 radical (unpaired) electrons. The summed E-state index contributed by atoms with van der Waals surface area (Å²) in [5.41, 5.74) is 3.22. The van der Waals surface area contributed by atoms with Gasteiger partial charge in [-0.1, -0.05) is 36.4 Å². The molecule has 5 heteroatoms. The predicted molar refractivity (Wildman–Crippen MR) is 88.8 cm³/mol. The second-order valence-corrected chi connectivity index (χ2v) is 5.46. The highest BCUT2D eigenvalue weighted by atomic mass is 19.1. The number of benzene rings is 2. The third-order valence-corrected chi connectivity index (χ3v) is 3.66. The third-order valence-electron chi connectivity index (χ3n) is 3.66. The van der Waals surface area contributed by atoms with Crippen molar-refractivity contribution in [1.29, 1.82) is 0 Å². The number of aliphatic hydroxyl groups excluding tert-OH is 1. The van der Waals surface area contributed by atoms with Gasteiger partial charge in [0.1, 0.15) is 5.82 Å². The van der Waals surface area contributed by atoms with Crippen LogP contribution in [0.4, 0.5) is 10.1 Å². The summed E-state index contributed by atoms with van der Waals surface area (Å²) in [6.07, 6.45) is -1.07. The second-order valence-electron chi connectivity index (χ2n) is 5.46. The van der Waals surface area contributed by atoms with E-state index < -0.39 is 11.9 Å². The Morgan fingerprint density at radius 2 is 1.78 bits per heavy atom. The standard InChI is InChI=1S/C18H21FN2O2/c1-12-6-5-7-13(2)18(12)21-11-17(23)20-10-16(22)14-8-3-4-9-15(14)19/h3-9,16,21-22H,10-11H2,1-2H3,(H,20,23). The Balaban J connectivity index is 1.85. The molecule has 1 unspecified atom stereocenters. The fourth-order valence-corrected chi connectivity index (χ4v) is 2.39. The maximum Gasteiger partial charge on any atom is 0.239 e. The van der Waals surface area contributed by atoms with Crippen LogP contribution in [0, 0.1) is 19.7 Å². The molecule has 0 aliphatic rings. The number of para-hydroxylation sites is 1. The average Bonchev–Trinajstić information content (AvgIpc) is 2.52. The van der Waals surface area contributed by atoms with Crippen LogP contribution in [0.3, 0.4) is 0 Å². The molecule has 1 amide bonds. The summed E-state index contributed by atoms with van der Waals surface area (Å²) in [6.45, 7) is 3.99. The average molecular weight is 316 g/mol. The summed E-state index contributed by atoms with van der Waals surface area (Å²) in [7, 11) is 0. The zero-order valence-electron chi connectivity index (χ0n) is 13.3. The van der Waals surface area contributed by atoms with Gasteiger partial charge in [0, 0.05) is 17.8 Å². The minimum Gasteiger partial charge on any atom is -0.386 e. The zero-order valence-corrected chi connectivity index (χ0v) is 13.3. The van der Waals surface area contributed by atoms with Gasteiger partial charge in [-0.15, -0.1) is 0 Å². The number of aryl methyl sites for hydroxylation is 2. The van der Waals surface area contributed by atoms with Crippen molar-refractivity contribution in [3.8, 4) is 0 Å². The van der Waals surface area contributed by atoms with E-state index >= 15 is 0 Å². The van der Waals surface area contributed by atoms with E-state index in [0.29, 0.717) is 0 Å². The summed E-state index contributed by atoms with van der Waals surface area (Å²) >= 11 is 0. The first-order chi connectivity index (χ1) is 11.0. The first-order valence-corrected chi connectivity index (χ1v) is 7.48. The van der Waals surface area contributed by atoms with E-state index in [4.69, 9.17) is 0 Å². The van der Waals surface area contributed by atoms with Gasteiger partial charge < -0.3 is 15.7 Å². The van der Waals surface area contributed by atoms with Crippen molar-refractivity contribution >= 4 is 11.6 Å². The Bertz CT molecular complexity index is 668. The molecule has 0 aliphatic heterocycles. The normalized spacial score (nSPS) is 11.8. The number of nitrogens with one attached hydrogen (secondary N) is 2. The molecule has 0 fully saturated rings. The summed E-state index contributed by atoms with van der Waals surface area (Å²) in [5.74, 6) is -0.744. The van der Waals surface area contributed by atoms with E-state index in [9.17, 15) is 14.3 Å². The van der Waals surface area contributed by atoms with Gasteiger partial charge in [0.2, 0.25) is 5.91 Å². The van der Waals surface area contributed by atoms with Crippen LogP contribution in [0.5, 0.6) is 0 Å². The number of carbonyl (C=O) groups is 1. The number of amides is 1. The van der Waals surface area contributed by atoms with Crippen LogP contribution < -0.4 is 10.6 Å². The van der Waals surface area contributed by atoms with Crippen molar-refractivity contribution in [3.63, 3.8) is 0 Å². The number of aliphatic hydroxyl groups is 1. The molecule has 0 spiro atoms. The molecule has 0 heterocycles. The van der Waals surface area contributed by atoms with Gasteiger partial charge in [-0.3, -0.25) is 4.79 Å². The van der Waals surface area contributed by atoms with Gasteiger partial charge in [0.25, 0.3) is 0 Å². The number of rotatable bonds is 6. The molecule has 4 nitrogen and oxygen atoms in total. The van der Waals surface area contributed by atoms with Crippen molar-refractivity contribution in [2.45, 2.75) is 20.0 Å². The minimum absolute atomic E-state index is 0.0335. The fourth-order valence-electron chi connectivity index (χ4n) is 2.39. The topological polar surface area (TPSA) is 61.4 Å². The van der Waals surface area contributed by atoms with Crippen LogP contribution in [0.1, 0.15) is 22.8 Å². The Hall–Kier alpha value is -2.40. The quantitative estimate of drug-likeness (QED) is 0.768. The number of hydrogen-bond donors (Lipinski definition) is 3. The van der Waals surface area contributed by atoms with Crippen LogP contribution in [0.15, 0.2) is 42.5 Å². The molecule has 122 valence electrons. The van der Waals surface area contributed by atoms with Crippen LogP contribution in [-0.4, -0.2) is 24.1 Å². The third kappa shape index (κ3) is 4.53. The maximum absolute atomic E-state index is 13.5. The molecular weight excluding hydrogens is 295 g/mol. The zero-order chi connectivity index (χ0) is 16.8. The predicted octanol–water partition coefficient (Wildman–Crippen LogP) is 2.70. The molecule has 0 saturated carbocycles. The Morgan fingerprint density at radius 3 is 2.43 bits per heavy atom. The highest BCUT2D eigenvalue weighted by Crippen LogP contribution is 2.19. The van der Waals surface area contributed by atoms with E-state index in [0.717, 1.165) is 16.8 Å². The SMILES string of the molecule is Cc1cccc(C)c1NCC(=O)NCC(O)c1ccccc1F. The Labute approximate surface area is 135 Å². The van der Waals surface area contributed by atoms with Crippen LogP contribution in [-0.2, 0) is 4.79 Å². The smallest absolute Gasteiger partial charge is 0.239 e. The van der Waals surface area contributed by atoms with E-state index in [1.165, 1.54) is 12.1 Å². The van der Waals surface area contributed by atoms with E-state index in [-0.39, 0.29) is 24.6 Å². The molecule has 0 aliphatic carbocycles. The molecule has 0 saturated heterocycles. The lowest BCUT2D eigenvalue weighted by Gasteiger charge is -2.15. The second kappa shape index (κ2) is 7.74. The van der Waals surface area contributed by atoms with Crippen LogP contribution in [0.2, 0.25) is 0 Å². The van der Waals surface area contributed by atoms with E-state index in [2.05, 4.69) is 10.6 Å². The monoisotopic (exact) mass is 316 g/mol. The first kappa shape index (κ1) is 17.0. The van der Waals surface area contributed by atoms with Gasteiger partial charge in [-0.2, -0.15) is 0 Å². The lowest BCUT2D eigenvalue weighted by Crippen LogP contribution is -2.33. The summed E-state index contributed by atoms with van der Waals surface area (Å²) < 4.78 is 13.5. The maximum atomic E-state index is 13.5. The molecule has 0 aromatic heterocycles. The highest BCUT2D eigenvalue weighted by molar-refractivity contribution is 5.81. The van der Waals surface area contributed by atoms with E-state index in [1.54, 1.807) is 12.1 Å². The van der Waals surface area contributed by atoms with Crippen molar-refractivity contribution < 1.29 is 14.3 Å². The lowest BCUT2D eigenvalue weighted by atomic mass is 10.1. The fraction of sp³-hybridized carbons (Fsp3) is 0.278. The van der Waals surface area contributed by atoms with E-state index in [1.807, 2.05) is 32.0 Å². The molecule has 3 N–H and O–H groups in total. The molecule has 1 atom stereocenters. The highest BCUT2D eigenvalue weighted by Gasteiger charge is 2.13. The van der Waals surface area contributed by atoms with Crippen molar-refractivity contribution in [2.75, 3.05) is 18.4 Å². The molecule has 2 rings (SSSR count). The molecule has 2 aromatic carbocycles. The summed E-state index contributed by atoms with van der Waals surface area (Å²) in [5, 5.41) is 15.6. The van der Waals surface area contributed by atoms with Crippen LogP contribution in [0.25, 0.3) is 0 Å². The summed E-state index contributed by atoms with van der Waals surface area (Å²) in [6, 6.07) is 11.9. The van der Waals surface area contributed by atoms with Crippen LogP contribution >= 0.6 is 0 Å². The minimum atomic E-state index is -1.07. The largest absolute Gasteiger partial charge is 0.386 e. The first-order valence-electron chi connectivity index (χ1n) is 7.48. The van der Waals surface area contributed by atoms with Gasteiger partial charge in [-0.05, 0) is 31.0 Å². The molecule has 2 aromatic rings. The number of hydrogen-bond acceptors (Lipinski definition) is 3. The lowest BCUT2D eigenvalue weighted by molar-refractivity contribution is -0.119. The van der Waals surface area contributed by atoms with Crippen molar-refractivity contribution in [1.82, 2.24) is 5.32 Å². The van der Waals surface area contributed by atoms with Crippen molar-refractivity contribution in [3.05, 3.63) is 65.0 Å². The van der Waals surface area contributed by atoms with Gasteiger partial charge >= 0.3 is 0 Å². The van der Waals surface area contributed by atoms with Gasteiger partial charge in [0.15, 0.2) is 0 Å². The Kier molecular flexibility index (Phi) is 5.71. The molecular formula is C18H21FN2O2. The molecule has 23 heavy (non-hydrogen) atoms.